The minimum absolute atomic E-state index is 0. The molecular formula is C42H34N4OPtS. The number of nitrogens with zero attached hydrogens (tertiary/aromatic N) is 4. The number of aromatic nitrogens is 3. The molecule has 49 heavy (non-hydrogen) atoms. The van der Waals surface area contributed by atoms with Gasteiger partial charge < -0.3 is 19.2 Å². The largest absolute Gasteiger partial charge is 2.00 e. The predicted molar refractivity (Wildman–Crippen MR) is 195 cm³/mol. The molecule has 0 amide bonds. The van der Waals surface area contributed by atoms with Crippen molar-refractivity contribution in [1.29, 1.82) is 0 Å². The van der Waals surface area contributed by atoms with E-state index in [0.29, 0.717) is 11.5 Å². The number of ether oxygens (including phenoxy) is 1. The maximum Gasteiger partial charge on any atom is 2.00 e. The van der Waals surface area contributed by atoms with Gasteiger partial charge in [-0.25, -0.2) is 4.98 Å². The van der Waals surface area contributed by atoms with E-state index in [0.717, 1.165) is 44.4 Å². The Bertz CT molecular complexity index is 2300. The van der Waals surface area contributed by atoms with Gasteiger partial charge in [0.15, 0.2) is 0 Å². The summed E-state index contributed by atoms with van der Waals surface area (Å²) >= 11 is 1.76. The molecule has 0 saturated carbocycles. The van der Waals surface area contributed by atoms with Gasteiger partial charge in [0.2, 0.25) is 0 Å². The van der Waals surface area contributed by atoms with Crippen molar-refractivity contribution in [2.45, 2.75) is 50.0 Å². The summed E-state index contributed by atoms with van der Waals surface area (Å²) < 4.78 is 8.61. The van der Waals surface area contributed by atoms with E-state index in [1.807, 2.05) is 54.9 Å². The van der Waals surface area contributed by atoms with Crippen LogP contribution in [0.1, 0.15) is 37.5 Å². The Kier molecular flexibility index (Phi) is 8.72. The van der Waals surface area contributed by atoms with Crippen LogP contribution in [-0.2, 0) is 26.5 Å². The van der Waals surface area contributed by atoms with E-state index in [2.05, 4.69) is 117 Å². The van der Waals surface area contributed by atoms with Crippen LogP contribution in [0.5, 0.6) is 11.5 Å². The maximum absolute atomic E-state index is 6.40. The van der Waals surface area contributed by atoms with E-state index in [-0.39, 0.29) is 26.5 Å². The van der Waals surface area contributed by atoms with Crippen molar-refractivity contribution < 1.29 is 25.8 Å². The van der Waals surface area contributed by atoms with Crippen LogP contribution in [0.25, 0.3) is 28.0 Å². The number of para-hydroxylation sites is 2. The number of aryl methyl sites for hydroxylation is 2. The molecule has 5 nitrogen and oxygen atoms in total. The Hall–Kier alpha value is -4.64. The Labute approximate surface area is 306 Å². The third kappa shape index (κ3) is 5.98. The van der Waals surface area contributed by atoms with Crippen LogP contribution in [0.3, 0.4) is 0 Å². The average molecular weight is 838 g/mol. The Balaban J connectivity index is 0.00000378. The Morgan fingerprint density at radius 3 is 2.20 bits per heavy atom. The number of hydrogen-bond donors (Lipinski definition) is 0. The molecule has 7 aromatic rings. The van der Waals surface area contributed by atoms with Gasteiger partial charge in [-0.3, -0.25) is 0 Å². The topological polar surface area (TPSA) is 43.2 Å². The molecule has 1 aliphatic heterocycles. The van der Waals surface area contributed by atoms with Crippen molar-refractivity contribution >= 4 is 39.9 Å². The van der Waals surface area contributed by atoms with Gasteiger partial charge in [-0.05, 0) is 65.9 Å². The second-order valence-electron chi connectivity index (χ2n) is 13.1. The first kappa shape index (κ1) is 32.9. The molecule has 0 bridgehead atoms. The number of fused-ring (bicyclic) bond motifs is 4. The molecule has 8 rings (SSSR count). The second-order valence-corrected chi connectivity index (χ2v) is 14.2. The molecule has 244 valence electrons. The van der Waals surface area contributed by atoms with Crippen LogP contribution < -0.4 is 9.64 Å². The van der Waals surface area contributed by atoms with Gasteiger partial charge in [0.1, 0.15) is 10.7 Å². The first-order chi connectivity index (χ1) is 23.3. The van der Waals surface area contributed by atoms with Gasteiger partial charge >= 0.3 is 21.1 Å². The molecule has 0 aliphatic carbocycles. The van der Waals surface area contributed by atoms with Crippen molar-refractivity contribution in [2.75, 3.05) is 4.90 Å². The predicted octanol–water partition coefficient (Wildman–Crippen LogP) is 11.3. The smallest absolute Gasteiger partial charge is 0.503 e. The van der Waals surface area contributed by atoms with Gasteiger partial charge in [0.05, 0.1) is 17.1 Å². The maximum atomic E-state index is 6.40. The van der Waals surface area contributed by atoms with Crippen LogP contribution >= 0.6 is 11.8 Å². The summed E-state index contributed by atoms with van der Waals surface area (Å²) in [5.74, 6) is 1.20. The molecule has 1 aliphatic rings. The zero-order chi connectivity index (χ0) is 33.0. The molecule has 0 saturated heterocycles. The summed E-state index contributed by atoms with van der Waals surface area (Å²) in [4.78, 5) is 13.2. The quantitative estimate of drug-likeness (QED) is 0.162. The number of benzene rings is 4. The number of anilines is 3. The van der Waals surface area contributed by atoms with Gasteiger partial charge in [-0.15, -0.1) is 42.0 Å². The standard InChI is InChI=1S/C42H34N4OS.Pt/c1-27-12-8-13-28(2)38(27)46-36-19-6-7-20-37(36)48-41-39(46)34-18-11-23-43-40(34)45(41)31-15-10-17-33(25-31)47-32-16-9-14-29(24-32)35-22-21-30(26-44-35)42(3,4)5;/h6-23,26H,1-5H3;/q-2;+2. The van der Waals surface area contributed by atoms with Crippen molar-refractivity contribution in [3.8, 4) is 28.4 Å². The van der Waals surface area contributed by atoms with E-state index in [9.17, 15) is 0 Å². The van der Waals surface area contributed by atoms with Crippen LogP contribution in [0.15, 0.2) is 125 Å². The fourth-order valence-corrected chi connectivity index (χ4v) is 7.55. The van der Waals surface area contributed by atoms with E-state index in [4.69, 9.17) is 14.7 Å². The molecule has 7 heteroatoms. The van der Waals surface area contributed by atoms with Crippen molar-refractivity contribution in [3.63, 3.8) is 0 Å². The first-order valence-corrected chi connectivity index (χ1v) is 16.9. The fourth-order valence-electron chi connectivity index (χ4n) is 6.35. The summed E-state index contributed by atoms with van der Waals surface area (Å²) in [6.45, 7) is 10.9. The number of pyridine rings is 2. The van der Waals surface area contributed by atoms with E-state index >= 15 is 0 Å². The molecule has 0 radical (unpaired) electrons. The molecular weight excluding hydrogens is 804 g/mol. The SMILES string of the molecule is Cc1cccc(C)c1N1c2ccccc2Sc2c1c1cccnc1n2-c1[c-]c(Oc2[c-]c(-c3ccc(C(C)(C)C)cn3)ccc2)ccc1.[Pt+2]. The van der Waals surface area contributed by atoms with Gasteiger partial charge in [0, 0.05) is 34.2 Å². The molecule has 0 N–H and O–H groups in total. The van der Waals surface area contributed by atoms with E-state index in [1.165, 1.54) is 27.3 Å². The van der Waals surface area contributed by atoms with E-state index < -0.39 is 0 Å². The minimum atomic E-state index is 0. The van der Waals surface area contributed by atoms with Crippen LogP contribution in [0, 0.1) is 26.0 Å². The summed E-state index contributed by atoms with van der Waals surface area (Å²) in [5, 5.41) is 2.15. The van der Waals surface area contributed by atoms with Crippen LogP contribution in [-0.4, -0.2) is 14.5 Å². The summed E-state index contributed by atoms with van der Waals surface area (Å²) in [6, 6.07) is 42.3. The molecule has 3 aromatic heterocycles. The monoisotopic (exact) mass is 837 g/mol. The van der Waals surface area contributed by atoms with Crippen molar-refractivity contribution in [3.05, 3.63) is 144 Å². The second kappa shape index (κ2) is 13.0. The average Bonchev–Trinajstić information content (AvgIpc) is 3.41. The Morgan fingerprint density at radius 1 is 0.714 bits per heavy atom. The van der Waals surface area contributed by atoms with Crippen molar-refractivity contribution in [1.82, 2.24) is 14.5 Å². The molecule has 4 heterocycles. The molecule has 0 fully saturated rings. The summed E-state index contributed by atoms with van der Waals surface area (Å²) in [6.07, 6.45) is 3.80. The number of rotatable bonds is 5. The van der Waals surface area contributed by atoms with Gasteiger partial charge in [-0.2, -0.15) is 6.07 Å². The van der Waals surface area contributed by atoms with Crippen molar-refractivity contribution in [2.24, 2.45) is 0 Å². The van der Waals surface area contributed by atoms with Crippen LogP contribution in [0.4, 0.5) is 17.1 Å². The first-order valence-electron chi connectivity index (χ1n) is 16.1. The van der Waals surface area contributed by atoms with Gasteiger partial charge in [0.25, 0.3) is 0 Å². The minimum Gasteiger partial charge on any atom is -0.503 e. The Morgan fingerprint density at radius 2 is 1.45 bits per heavy atom. The third-order valence-corrected chi connectivity index (χ3v) is 9.88. The summed E-state index contributed by atoms with van der Waals surface area (Å²) in [7, 11) is 0. The molecule has 0 atom stereocenters. The molecule has 0 spiro atoms. The van der Waals surface area contributed by atoms with E-state index in [1.54, 1.807) is 11.8 Å². The normalized spacial score (nSPS) is 12.3. The molecule has 4 aromatic carbocycles. The molecule has 0 unspecified atom stereocenters. The number of hydrogen-bond acceptors (Lipinski definition) is 5. The van der Waals surface area contributed by atoms with Crippen LogP contribution in [0.2, 0.25) is 0 Å². The zero-order valence-corrected chi connectivity index (χ0v) is 31.0. The summed E-state index contributed by atoms with van der Waals surface area (Å²) in [5.41, 5.74) is 10.6. The fraction of sp³-hybridized carbons (Fsp3) is 0.143. The van der Waals surface area contributed by atoms with Gasteiger partial charge in [-0.1, -0.05) is 86.8 Å². The zero-order valence-electron chi connectivity index (χ0n) is 27.9. The third-order valence-electron chi connectivity index (χ3n) is 8.75.